The van der Waals surface area contributed by atoms with Gasteiger partial charge in [-0.2, -0.15) is 15.3 Å². The van der Waals surface area contributed by atoms with Crippen molar-refractivity contribution in [1.82, 2.24) is 20.2 Å². The molecule has 0 aliphatic heterocycles. The molecular weight excluding hydrogens is 484 g/mol. The van der Waals surface area contributed by atoms with Crippen LogP contribution in [0.4, 0.5) is 4.39 Å². The number of ether oxygens (including phenoxy) is 1. The Labute approximate surface area is 182 Å². The standard InChI is InChI=1S/C19H9BrCl2FN5O/c20-14-2-1-10(5-15-13-8-25-19(22)26-18(13)28-27-15)16(23)17(14)29-12-4-9(7-24)3-11(21)6-12/h1-4,6,8H,5H2,(H,25,26,27,28). The Morgan fingerprint density at radius 1 is 1.24 bits per heavy atom. The molecule has 2 heterocycles. The van der Waals surface area contributed by atoms with Crippen molar-refractivity contribution in [2.45, 2.75) is 6.42 Å². The smallest absolute Gasteiger partial charge is 0.224 e. The van der Waals surface area contributed by atoms with Gasteiger partial charge in [-0.1, -0.05) is 17.7 Å². The van der Waals surface area contributed by atoms with Crippen LogP contribution < -0.4 is 4.74 Å². The molecule has 2 aromatic carbocycles. The fourth-order valence-corrected chi connectivity index (χ4v) is 3.51. The average molecular weight is 493 g/mol. The number of nitriles is 1. The maximum absolute atomic E-state index is 15.2. The van der Waals surface area contributed by atoms with Gasteiger partial charge >= 0.3 is 0 Å². The van der Waals surface area contributed by atoms with Gasteiger partial charge in [-0.3, -0.25) is 5.10 Å². The van der Waals surface area contributed by atoms with Crippen molar-refractivity contribution in [3.63, 3.8) is 0 Å². The molecule has 6 nitrogen and oxygen atoms in total. The highest BCUT2D eigenvalue weighted by Gasteiger charge is 2.18. The van der Waals surface area contributed by atoms with Crippen molar-refractivity contribution in [3.8, 4) is 17.6 Å². The molecule has 1 N–H and O–H groups in total. The molecule has 0 aliphatic rings. The number of aromatic nitrogens is 4. The third kappa shape index (κ3) is 4.03. The highest BCUT2D eigenvalue weighted by Crippen LogP contribution is 2.36. The lowest BCUT2D eigenvalue weighted by Crippen LogP contribution is -1.98. The van der Waals surface area contributed by atoms with Gasteiger partial charge in [0.25, 0.3) is 0 Å². The molecule has 0 aliphatic carbocycles. The van der Waals surface area contributed by atoms with E-state index in [-0.39, 0.29) is 23.2 Å². The maximum Gasteiger partial charge on any atom is 0.224 e. The summed E-state index contributed by atoms with van der Waals surface area (Å²) in [5, 5.41) is 17.1. The summed E-state index contributed by atoms with van der Waals surface area (Å²) in [7, 11) is 0. The molecule has 4 aromatic rings. The largest absolute Gasteiger partial charge is 0.453 e. The van der Waals surface area contributed by atoms with Crippen LogP contribution in [-0.4, -0.2) is 20.2 Å². The number of fused-ring (bicyclic) bond motifs is 1. The molecule has 0 radical (unpaired) electrons. The van der Waals surface area contributed by atoms with Gasteiger partial charge in [-0.05, 0) is 57.4 Å². The van der Waals surface area contributed by atoms with Crippen molar-refractivity contribution in [2.75, 3.05) is 0 Å². The summed E-state index contributed by atoms with van der Waals surface area (Å²) < 4.78 is 21.3. The van der Waals surface area contributed by atoms with Crippen LogP contribution in [0.3, 0.4) is 0 Å². The summed E-state index contributed by atoms with van der Waals surface area (Å²) >= 11 is 15.1. The van der Waals surface area contributed by atoms with Crippen LogP contribution >= 0.6 is 39.1 Å². The van der Waals surface area contributed by atoms with E-state index in [0.29, 0.717) is 37.3 Å². The lowest BCUT2D eigenvalue weighted by Gasteiger charge is -2.12. The van der Waals surface area contributed by atoms with Crippen molar-refractivity contribution in [2.24, 2.45) is 0 Å². The molecular formula is C19H9BrCl2FN5O. The number of rotatable bonds is 4. The zero-order valence-corrected chi connectivity index (χ0v) is 17.5. The Morgan fingerprint density at radius 3 is 2.86 bits per heavy atom. The Balaban J connectivity index is 1.70. The first-order valence-corrected chi connectivity index (χ1v) is 9.70. The van der Waals surface area contributed by atoms with Crippen LogP contribution in [0.2, 0.25) is 10.3 Å². The van der Waals surface area contributed by atoms with E-state index in [9.17, 15) is 0 Å². The van der Waals surface area contributed by atoms with Crippen molar-refractivity contribution >= 4 is 50.2 Å². The van der Waals surface area contributed by atoms with Gasteiger partial charge in [0, 0.05) is 17.6 Å². The monoisotopic (exact) mass is 491 g/mol. The van der Waals surface area contributed by atoms with E-state index in [1.165, 1.54) is 24.4 Å². The van der Waals surface area contributed by atoms with E-state index in [1.807, 2.05) is 6.07 Å². The second-order valence-electron chi connectivity index (χ2n) is 5.99. The van der Waals surface area contributed by atoms with Crippen molar-refractivity contribution in [1.29, 1.82) is 5.26 Å². The van der Waals surface area contributed by atoms with Gasteiger partial charge in [-0.15, -0.1) is 0 Å². The third-order valence-corrected chi connectivity index (χ3v) is 5.10. The molecule has 29 heavy (non-hydrogen) atoms. The first-order chi connectivity index (χ1) is 13.9. The molecule has 0 saturated heterocycles. The number of halogens is 4. The first kappa shape index (κ1) is 19.6. The minimum absolute atomic E-state index is 0.0206. The molecule has 0 unspecified atom stereocenters. The Kier molecular flexibility index (Phi) is 5.37. The van der Waals surface area contributed by atoms with Crippen LogP contribution in [0.25, 0.3) is 11.0 Å². The summed E-state index contributed by atoms with van der Waals surface area (Å²) in [5.41, 5.74) is 1.70. The normalized spacial score (nSPS) is 10.9. The van der Waals surface area contributed by atoms with Gasteiger partial charge < -0.3 is 4.74 Å². The second-order valence-corrected chi connectivity index (χ2v) is 7.62. The quantitative estimate of drug-likeness (QED) is 0.363. The fraction of sp³-hybridized carbons (Fsp3) is 0.0526. The second kappa shape index (κ2) is 7.95. The zero-order valence-electron chi connectivity index (χ0n) is 14.4. The van der Waals surface area contributed by atoms with Crippen LogP contribution in [0, 0.1) is 17.1 Å². The summed E-state index contributed by atoms with van der Waals surface area (Å²) in [6.07, 6.45) is 1.71. The van der Waals surface area contributed by atoms with E-state index < -0.39 is 5.82 Å². The minimum atomic E-state index is -0.566. The molecule has 144 valence electrons. The Morgan fingerprint density at radius 2 is 2.07 bits per heavy atom. The SMILES string of the molecule is N#Cc1cc(Cl)cc(Oc2c(Br)ccc(Cc3n[nH]c4nc(Cl)ncc34)c2F)c1. The topological polar surface area (TPSA) is 87.5 Å². The van der Waals surface area contributed by atoms with E-state index in [2.05, 4.69) is 36.1 Å². The maximum atomic E-state index is 15.2. The molecule has 0 fully saturated rings. The van der Waals surface area contributed by atoms with E-state index in [4.69, 9.17) is 33.2 Å². The number of hydrogen-bond acceptors (Lipinski definition) is 5. The number of aromatic amines is 1. The Hall–Kier alpha value is -2.73. The number of nitrogens with one attached hydrogen (secondary N) is 1. The highest BCUT2D eigenvalue weighted by molar-refractivity contribution is 9.10. The molecule has 10 heteroatoms. The van der Waals surface area contributed by atoms with Crippen LogP contribution in [0.15, 0.2) is 41.0 Å². The molecule has 0 atom stereocenters. The van der Waals surface area contributed by atoms with Gasteiger partial charge in [0.15, 0.2) is 17.2 Å². The van der Waals surface area contributed by atoms with Crippen LogP contribution in [0.5, 0.6) is 11.5 Å². The summed E-state index contributed by atoms with van der Waals surface area (Å²) in [6, 6.07) is 9.76. The molecule has 0 saturated carbocycles. The Bertz CT molecular complexity index is 1290. The third-order valence-electron chi connectivity index (χ3n) is 4.07. The fourth-order valence-electron chi connectivity index (χ4n) is 2.76. The predicted octanol–water partition coefficient (Wildman–Crippen LogP) is 5.82. The number of benzene rings is 2. The lowest BCUT2D eigenvalue weighted by molar-refractivity contribution is 0.436. The highest BCUT2D eigenvalue weighted by atomic mass is 79.9. The summed E-state index contributed by atoms with van der Waals surface area (Å²) in [5.74, 6) is -0.337. The van der Waals surface area contributed by atoms with Crippen LogP contribution in [0.1, 0.15) is 16.8 Å². The van der Waals surface area contributed by atoms with Crippen molar-refractivity contribution < 1.29 is 9.13 Å². The molecule has 2 aromatic heterocycles. The van der Waals surface area contributed by atoms with Gasteiger partial charge in [0.1, 0.15) is 5.75 Å². The molecule has 0 amide bonds. The summed E-state index contributed by atoms with van der Waals surface area (Å²) in [4.78, 5) is 7.99. The first-order valence-electron chi connectivity index (χ1n) is 8.15. The predicted molar refractivity (Wildman–Crippen MR) is 110 cm³/mol. The molecule has 4 rings (SSSR count). The number of hydrogen-bond donors (Lipinski definition) is 1. The van der Waals surface area contributed by atoms with Crippen molar-refractivity contribution in [3.05, 3.63) is 73.9 Å². The van der Waals surface area contributed by atoms with Crippen LogP contribution in [-0.2, 0) is 6.42 Å². The lowest BCUT2D eigenvalue weighted by atomic mass is 10.1. The minimum Gasteiger partial charge on any atom is -0.453 e. The van der Waals surface area contributed by atoms with Gasteiger partial charge in [-0.25, -0.2) is 9.37 Å². The zero-order chi connectivity index (χ0) is 20.5. The van der Waals surface area contributed by atoms with E-state index in [1.54, 1.807) is 12.1 Å². The number of H-pyrrole nitrogens is 1. The summed E-state index contributed by atoms with van der Waals surface area (Å²) in [6.45, 7) is 0. The van der Waals surface area contributed by atoms with E-state index in [0.717, 1.165) is 0 Å². The molecule has 0 spiro atoms. The average Bonchev–Trinajstić information content (AvgIpc) is 3.08. The van der Waals surface area contributed by atoms with Gasteiger partial charge in [0.05, 0.1) is 27.2 Å². The number of nitrogens with zero attached hydrogens (tertiary/aromatic N) is 4. The molecule has 0 bridgehead atoms. The van der Waals surface area contributed by atoms with E-state index >= 15 is 4.39 Å². The van der Waals surface area contributed by atoms with Gasteiger partial charge in [0.2, 0.25) is 5.28 Å².